The average Bonchev–Trinajstić information content (AvgIpc) is 2.76. The average molecular weight is 303 g/mol. The molecular formula is C11H21N5O3S. The molecule has 0 aliphatic heterocycles. The van der Waals surface area contributed by atoms with Crippen molar-refractivity contribution in [2.75, 3.05) is 0 Å². The fraction of sp³-hybridized carbons (Fsp3) is 0.636. The third-order valence-electron chi connectivity index (χ3n) is 3.50. The second kappa shape index (κ2) is 5.80. The van der Waals surface area contributed by atoms with Gasteiger partial charge in [-0.15, -0.1) is 0 Å². The van der Waals surface area contributed by atoms with Crippen LogP contribution in [0, 0.1) is 6.92 Å². The summed E-state index contributed by atoms with van der Waals surface area (Å²) in [5.41, 5.74) is 4.52. The highest BCUT2D eigenvalue weighted by Gasteiger charge is 2.37. The van der Waals surface area contributed by atoms with Gasteiger partial charge in [-0.05, 0) is 19.8 Å². The third kappa shape index (κ3) is 2.93. The largest absolute Gasteiger partial charge is 0.409 e. The van der Waals surface area contributed by atoms with Gasteiger partial charge in [-0.2, -0.15) is 4.72 Å². The number of nitrogens with one attached hydrogen (secondary N) is 1. The van der Waals surface area contributed by atoms with E-state index in [1.165, 1.54) is 6.20 Å². The second-order valence-corrected chi connectivity index (χ2v) is 6.25. The van der Waals surface area contributed by atoms with Crippen LogP contribution < -0.4 is 10.5 Å². The molecule has 0 amide bonds. The number of aryl methyl sites for hydroxylation is 2. The van der Waals surface area contributed by atoms with Crippen molar-refractivity contribution in [3.63, 3.8) is 0 Å². The van der Waals surface area contributed by atoms with Gasteiger partial charge >= 0.3 is 0 Å². The minimum absolute atomic E-state index is 0.0884. The highest BCUT2D eigenvalue weighted by molar-refractivity contribution is 7.89. The molecular weight excluding hydrogens is 282 g/mol. The van der Waals surface area contributed by atoms with Crippen LogP contribution in [0.15, 0.2) is 16.4 Å². The molecule has 4 N–H and O–H groups in total. The Hall–Kier alpha value is -1.61. The van der Waals surface area contributed by atoms with Gasteiger partial charge in [-0.25, -0.2) is 13.4 Å². The standard InChI is InChI=1S/C11H21N5O3S/c1-5-11(6-2,10(12)14-17)15-20(18,19)9-7-16(4)8(3)13-9/h7,15,17H,5-6H2,1-4H3,(H2,12,14). The molecule has 0 saturated heterocycles. The minimum atomic E-state index is -3.85. The molecule has 1 rings (SSSR count). The van der Waals surface area contributed by atoms with Crippen molar-refractivity contribution in [1.29, 1.82) is 0 Å². The van der Waals surface area contributed by atoms with Crippen molar-refractivity contribution in [2.45, 2.75) is 44.2 Å². The molecule has 1 heterocycles. The maximum absolute atomic E-state index is 12.4. The Balaban J connectivity index is 3.22. The fourth-order valence-corrected chi connectivity index (χ4v) is 3.43. The van der Waals surface area contributed by atoms with E-state index in [0.717, 1.165) is 0 Å². The number of rotatable bonds is 6. The van der Waals surface area contributed by atoms with Gasteiger partial charge in [0.15, 0.2) is 10.9 Å². The molecule has 0 spiro atoms. The number of nitrogens with two attached hydrogens (primary N) is 1. The first-order valence-corrected chi connectivity index (χ1v) is 7.72. The van der Waals surface area contributed by atoms with Crippen LogP contribution in [0.25, 0.3) is 0 Å². The SMILES string of the molecule is CCC(CC)(NS(=O)(=O)c1cn(C)c(C)n1)C(N)=NO. The molecule has 0 saturated carbocycles. The Morgan fingerprint density at radius 1 is 1.55 bits per heavy atom. The maximum Gasteiger partial charge on any atom is 0.260 e. The van der Waals surface area contributed by atoms with Crippen LogP contribution in [0.1, 0.15) is 32.5 Å². The predicted molar refractivity (Wildman–Crippen MR) is 75.0 cm³/mol. The number of sulfonamides is 1. The molecule has 0 aliphatic carbocycles. The highest BCUT2D eigenvalue weighted by Crippen LogP contribution is 2.19. The smallest absolute Gasteiger partial charge is 0.260 e. The van der Waals surface area contributed by atoms with Crippen LogP contribution in [-0.4, -0.2) is 34.6 Å². The second-order valence-electron chi connectivity index (χ2n) is 4.62. The zero-order chi connectivity index (χ0) is 15.6. The Morgan fingerprint density at radius 3 is 2.45 bits per heavy atom. The summed E-state index contributed by atoms with van der Waals surface area (Å²) >= 11 is 0. The van der Waals surface area contributed by atoms with Crippen molar-refractivity contribution in [2.24, 2.45) is 17.9 Å². The van der Waals surface area contributed by atoms with E-state index in [4.69, 9.17) is 10.9 Å². The number of nitrogens with zero attached hydrogens (tertiary/aromatic N) is 3. The summed E-state index contributed by atoms with van der Waals surface area (Å²) in [6, 6.07) is 0. The molecule has 0 fully saturated rings. The number of hydrogen-bond acceptors (Lipinski definition) is 5. The van der Waals surface area contributed by atoms with Gasteiger partial charge in [0.25, 0.3) is 10.0 Å². The van der Waals surface area contributed by atoms with Gasteiger partial charge in [0.05, 0.1) is 5.54 Å². The summed E-state index contributed by atoms with van der Waals surface area (Å²) in [7, 11) is -2.15. The predicted octanol–water partition coefficient (Wildman–Crippen LogP) is 0.312. The quantitative estimate of drug-likeness (QED) is 0.302. The monoisotopic (exact) mass is 303 g/mol. The minimum Gasteiger partial charge on any atom is -0.409 e. The zero-order valence-electron chi connectivity index (χ0n) is 12.1. The molecule has 0 unspecified atom stereocenters. The van der Waals surface area contributed by atoms with Gasteiger partial charge in [0.2, 0.25) is 0 Å². The van der Waals surface area contributed by atoms with E-state index in [0.29, 0.717) is 18.7 Å². The molecule has 8 nitrogen and oxygen atoms in total. The van der Waals surface area contributed by atoms with Crippen LogP contribution in [0.4, 0.5) is 0 Å². The molecule has 9 heteroatoms. The van der Waals surface area contributed by atoms with Gasteiger partial charge < -0.3 is 15.5 Å². The highest BCUT2D eigenvalue weighted by atomic mass is 32.2. The molecule has 0 bridgehead atoms. The van der Waals surface area contributed by atoms with Gasteiger partial charge in [0.1, 0.15) is 5.82 Å². The number of hydrogen-bond donors (Lipinski definition) is 3. The summed E-state index contributed by atoms with van der Waals surface area (Å²) < 4.78 is 28.8. The summed E-state index contributed by atoms with van der Waals surface area (Å²) in [6.45, 7) is 5.22. The Labute approximate surface area is 118 Å². The van der Waals surface area contributed by atoms with Crippen LogP contribution in [0.3, 0.4) is 0 Å². The van der Waals surface area contributed by atoms with E-state index >= 15 is 0 Å². The van der Waals surface area contributed by atoms with Crippen molar-refractivity contribution in [3.8, 4) is 0 Å². The summed E-state index contributed by atoms with van der Waals surface area (Å²) in [4.78, 5) is 3.99. The zero-order valence-corrected chi connectivity index (χ0v) is 12.9. The number of amidine groups is 1. The molecule has 0 aromatic carbocycles. The number of aromatic nitrogens is 2. The maximum atomic E-state index is 12.4. The number of oxime groups is 1. The lowest BCUT2D eigenvalue weighted by Crippen LogP contribution is -2.56. The number of imidazole rings is 1. The molecule has 0 aliphatic rings. The third-order valence-corrected chi connectivity index (χ3v) is 4.90. The van der Waals surface area contributed by atoms with Crippen molar-refractivity contribution in [1.82, 2.24) is 14.3 Å². The molecule has 20 heavy (non-hydrogen) atoms. The van der Waals surface area contributed by atoms with Gasteiger partial charge in [-0.3, -0.25) is 0 Å². The van der Waals surface area contributed by atoms with Crippen molar-refractivity contribution in [3.05, 3.63) is 12.0 Å². The first-order chi connectivity index (χ1) is 9.22. The van der Waals surface area contributed by atoms with E-state index in [2.05, 4.69) is 14.9 Å². The lowest BCUT2D eigenvalue weighted by atomic mass is 9.93. The Bertz CT molecular complexity index is 582. The summed E-state index contributed by atoms with van der Waals surface area (Å²) in [5.74, 6) is 0.409. The van der Waals surface area contributed by atoms with Crippen molar-refractivity contribution < 1.29 is 13.6 Å². The van der Waals surface area contributed by atoms with E-state index < -0.39 is 15.6 Å². The molecule has 114 valence electrons. The van der Waals surface area contributed by atoms with E-state index in [1.54, 1.807) is 32.4 Å². The first kappa shape index (κ1) is 16.4. The molecule has 1 aromatic heterocycles. The Morgan fingerprint density at radius 2 is 2.10 bits per heavy atom. The van der Waals surface area contributed by atoms with E-state index in [9.17, 15) is 8.42 Å². The topological polar surface area (TPSA) is 123 Å². The normalized spacial score (nSPS) is 13.7. The lowest BCUT2D eigenvalue weighted by molar-refractivity contribution is 0.307. The Kier molecular flexibility index (Phi) is 4.77. The molecule has 0 atom stereocenters. The van der Waals surface area contributed by atoms with E-state index in [1.807, 2.05) is 0 Å². The van der Waals surface area contributed by atoms with Crippen LogP contribution in [-0.2, 0) is 17.1 Å². The molecule has 1 aromatic rings. The lowest BCUT2D eigenvalue weighted by Gasteiger charge is -2.30. The van der Waals surface area contributed by atoms with Crippen LogP contribution >= 0.6 is 0 Å². The van der Waals surface area contributed by atoms with Crippen molar-refractivity contribution >= 4 is 15.9 Å². The molecule has 0 radical (unpaired) electrons. The summed E-state index contributed by atoms with van der Waals surface area (Å²) in [6.07, 6.45) is 2.12. The van der Waals surface area contributed by atoms with E-state index in [-0.39, 0.29) is 10.9 Å². The van der Waals surface area contributed by atoms with Crippen LogP contribution in [0.5, 0.6) is 0 Å². The van der Waals surface area contributed by atoms with Gasteiger partial charge in [-0.1, -0.05) is 19.0 Å². The fourth-order valence-electron chi connectivity index (χ4n) is 1.87. The van der Waals surface area contributed by atoms with Crippen LogP contribution in [0.2, 0.25) is 0 Å². The first-order valence-electron chi connectivity index (χ1n) is 6.24. The van der Waals surface area contributed by atoms with Gasteiger partial charge in [0, 0.05) is 13.2 Å². The summed E-state index contributed by atoms with van der Waals surface area (Å²) in [5, 5.41) is 11.7.